The number of amides is 1. The number of carbonyl (C=O) groups is 1. The minimum absolute atomic E-state index is 0.240. The number of halogens is 1. The van der Waals surface area contributed by atoms with Gasteiger partial charge in [0.15, 0.2) is 0 Å². The SMILES string of the molecule is CN1CCC(C#N)(NC(=O)C=Cc2ccc(Cl)cc2)CC1. The van der Waals surface area contributed by atoms with Gasteiger partial charge in [0, 0.05) is 24.2 Å². The second kappa shape index (κ2) is 6.75. The van der Waals surface area contributed by atoms with E-state index in [-0.39, 0.29) is 5.91 Å². The number of benzene rings is 1. The molecule has 1 aliphatic heterocycles. The molecule has 1 aliphatic rings. The van der Waals surface area contributed by atoms with E-state index in [0.717, 1.165) is 18.7 Å². The lowest BCUT2D eigenvalue weighted by Gasteiger charge is -2.35. The molecule has 0 saturated carbocycles. The normalized spacial score (nSPS) is 18.3. The van der Waals surface area contributed by atoms with E-state index in [0.29, 0.717) is 17.9 Å². The topological polar surface area (TPSA) is 56.1 Å². The lowest BCUT2D eigenvalue weighted by atomic mass is 9.89. The average Bonchev–Trinajstić information content (AvgIpc) is 2.49. The molecule has 1 fully saturated rings. The van der Waals surface area contributed by atoms with E-state index in [9.17, 15) is 10.1 Å². The van der Waals surface area contributed by atoms with Gasteiger partial charge in [0.05, 0.1) is 6.07 Å². The molecule has 110 valence electrons. The minimum atomic E-state index is -0.742. The maximum atomic E-state index is 12.0. The molecule has 0 atom stereocenters. The van der Waals surface area contributed by atoms with Gasteiger partial charge in [-0.15, -0.1) is 0 Å². The highest BCUT2D eigenvalue weighted by atomic mass is 35.5. The van der Waals surface area contributed by atoms with Crippen molar-refractivity contribution in [3.63, 3.8) is 0 Å². The van der Waals surface area contributed by atoms with Gasteiger partial charge in [0.25, 0.3) is 0 Å². The molecule has 0 spiro atoms. The fourth-order valence-corrected chi connectivity index (χ4v) is 2.41. The summed E-state index contributed by atoms with van der Waals surface area (Å²) < 4.78 is 0. The monoisotopic (exact) mass is 303 g/mol. The largest absolute Gasteiger partial charge is 0.334 e. The van der Waals surface area contributed by atoms with Gasteiger partial charge in [-0.25, -0.2) is 0 Å². The minimum Gasteiger partial charge on any atom is -0.334 e. The van der Waals surface area contributed by atoms with Crippen molar-refractivity contribution in [3.8, 4) is 6.07 Å². The predicted octanol–water partition coefficient (Wildman–Crippen LogP) is 2.46. The van der Waals surface area contributed by atoms with Crippen LogP contribution in [0.15, 0.2) is 30.3 Å². The summed E-state index contributed by atoms with van der Waals surface area (Å²) in [5.74, 6) is -0.240. The van der Waals surface area contributed by atoms with E-state index < -0.39 is 5.54 Å². The van der Waals surface area contributed by atoms with Gasteiger partial charge >= 0.3 is 0 Å². The molecule has 1 saturated heterocycles. The Bertz CT molecular complexity index is 566. The quantitative estimate of drug-likeness (QED) is 0.873. The maximum absolute atomic E-state index is 12.0. The molecule has 2 rings (SSSR count). The third-order valence-corrected chi connectivity index (χ3v) is 3.97. The second-order valence-electron chi connectivity index (χ2n) is 5.37. The van der Waals surface area contributed by atoms with E-state index in [4.69, 9.17) is 11.6 Å². The molecular weight excluding hydrogens is 286 g/mol. The van der Waals surface area contributed by atoms with Crippen LogP contribution in [-0.2, 0) is 4.79 Å². The third kappa shape index (κ3) is 4.32. The summed E-state index contributed by atoms with van der Waals surface area (Å²) in [6.45, 7) is 1.63. The van der Waals surface area contributed by atoms with E-state index in [1.54, 1.807) is 18.2 Å². The van der Waals surface area contributed by atoms with E-state index in [1.165, 1.54) is 6.08 Å². The molecule has 1 aromatic rings. The van der Waals surface area contributed by atoms with Crippen LogP contribution in [0.4, 0.5) is 0 Å². The zero-order valence-electron chi connectivity index (χ0n) is 12.0. The zero-order valence-corrected chi connectivity index (χ0v) is 12.7. The number of likely N-dealkylation sites (tertiary alicyclic amines) is 1. The Morgan fingerprint density at radius 2 is 2.00 bits per heavy atom. The highest BCUT2D eigenvalue weighted by molar-refractivity contribution is 6.30. The molecule has 5 heteroatoms. The van der Waals surface area contributed by atoms with Gasteiger partial charge < -0.3 is 10.2 Å². The summed E-state index contributed by atoms with van der Waals surface area (Å²) in [5.41, 5.74) is 0.150. The van der Waals surface area contributed by atoms with Crippen molar-refractivity contribution in [2.24, 2.45) is 0 Å². The van der Waals surface area contributed by atoms with Gasteiger partial charge in [-0.1, -0.05) is 23.7 Å². The van der Waals surface area contributed by atoms with E-state index >= 15 is 0 Å². The first kappa shape index (κ1) is 15.6. The van der Waals surface area contributed by atoms with Gasteiger partial charge in [0.1, 0.15) is 5.54 Å². The number of hydrogen-bond donors (Lipinski definition) is 1. The summed E-state index contributed by atoms with van der Waals surface area (Å²) in [5, 5.41) is 12.9. The van der Waals surface area contributed by atoms with E-state index in [2.05, 4.69) is 16.3 Å². The molecule has 1 amide bonds. The first-order valence-electron chi connectivity index (χ1n) is 6.89. The van der Waals surface area contributed by atoms with Crippen LogP contribution in [-0.4, -0.2) is 36.5 Å². The summed E-state index contributed by atoms with van der Waals surface area (Å²) >= 11 is 5.81. The van der Waals surface area contributed by atoms with Crippen molar-refractivity contribution >= 4 is 23.6 Å². The van der Waals surface area contributed by atoms with Crippen LogP contribution in [0.25, 0.3) is 6.08 Å². The van der Waals surface area contributed by atoms with Gasteiger partial charge in [-0.3, -0.25) is 4.79 Å². The predicted molar refractivity (Wildman–Crippen MR) is 83.7 cm³/mol. The molecule has 21 heavy (non-hydrogen) atoms. The highest BCUT2D eigenvalue weighted by Gasteiger charge is 2.34. The molecule has 1 aromatic carbocycles. The summed E-state index contributed by atoms with van der Waals surface area (Å²) in [6, 6.07) is 9.48. The Morgan fingerprint density at radius 3 is 2.57 bits per heavy atom. The Balaban J connectivity index is 1.97. The Kier molecular flexibility index (Phi) is 5.00. The van der Waals surface area contributed by atoms with Crippen molar-refractivity contribution in [2.45, 2.75) is 18.4 Å². The fraction of sp³-hybridized carbons (Fsp3) is 0.375. The Hall–Kier alpha value is -1.83. The molecule has 1 heterocycles. The zero-order chi connectivity index (χ0) is 15.3. The number of nitrogens with zero attached hydrogens (tertiary/aromatic N) is 2. The number of rotatable bonds is 3. The standard InChI is InChI=1S/C16H18ClN3O/c1-20-10-8-16(12-18,9-11-20)19-15(21)7-4-13-2-5-14(17)6-3-13/h2-7H,8-11H2,1H3,(H,19,21). The van der Waals surface area contributed by atoms with Crippen LogP contribution in [0.1, 0.15) is 18.4 Å². The molecule has 0 aromatic heterocycles. The second-order valence-corrected chi connectivity index (χ2v) is 5.81. The lowest BCUT2D eigenvalue weighted by molar-refractivity contribution is -0.118. The lowest BCUT2D eigenvalue weighted by Crippen LogP contribution is -2.53. The maximum Gasteiger partial charge on any atom is 0.245 e. The number of nitriles is 1. The van der Waals surface area contributed by atoms with Crippen LogP contribution in [0.5, 0.6) is 0 Å². The van der Waals surface area contributed by atoms with Gasteiger partial charge in [-0.05, 0) is 43.7 Å². The third-order valence-electron chi connectivity index (χ3n) is 3.71. The summed E-state index contributed by atoms with van der Waals surface area (Å²) in [4.78, 5) is 14.2. The Morgan fingerprint density at radius 1 is 1.38 bits per heavy atom. The molecule has 0 radical (unpaired) electrons. The first-order chi connectivity index (χ1) is 10.0. The van der Waals surface area contributed by atoms with Crippen molar-refractivity contribution in [1.82, 2.24) is 10.2 Å². The van der Waals surface area contributed by atoms with Crippen molar-refractivity contribution in [3.05, 3.63) is 40.9 Å². The van der Waals surface area contributed by atoms with Crippen LogP contribution in [0.2, 0.25) is 5.02 Å². The fourth-order valence-electron chi connectivity index (χ4n) is 2.29. The van der Waals surface area contributed by atoms with Crippen LogP contribution >= 0.6 is 11.6 Å². The number of carbonyl (C=O) groups excluding carboxylic acids is 1. The van der Waals surface area contributed by atoms with Crippen molar-refractivity contribution < 1.29 is 4.79 Å². The molecule has 1 N–H and O–H groups in total. The first-order valence-corrected chi connectivity index (χ1v) is 7.26. The molecule has 4 nitrogen and oxygen atoms in total. The summed E-state index contributed by atoms with van der Waals surface area (Å²) in [6.07, 6.45) is 4.48. The van der Waals surface area contributed by atoms with Crippen molar-refractivity contribution in [2.75, 3.05) is 20.1 Å². The smallest absolute Gasteiger partial charge is 0.245 e. The molecular formula is C16H18ClN3O. The van der Waals surface area contributed by atoms with Crippen LogP contribution in [0, 0.1) is 11.3 Å². The van der Waals surface area contributed by atoms with Crippen molar-refractivity contribution in [1.29, 1.82) is 5.26 Å². The van der Waals surface area contributed by atoms with E-state index in [1.807, 2.05) is 19.2 Å². The number of nitrogens with one attached hydrogen (secondary N) is 1. The van der Waals surface area contributed by atoms with Crippen LogP contribution in [0.3, 0.4) is 0 Å². The summed E-state index contributed by atoms with van der Waals surface area (Å²) in [7, 11) is 2.02. The van der Waals surface area contributed by atoms with Gasteiger partial charge in [-0.2, -0.15) is 5.26 Å². The molecule has 0 bridgehead atoms. The van der Waals surface area contributed by atoms with Crippen LogP contribution < -0.4 is 5.32 Å². The highest BCUT2D eigenvalue weighted by Crippen LogP contribution is 2.20. The van der Waals surface area contributed by atoms with Gasteiger partial charge in [0.2, 0.25) is 5.91 Å². The Labute approximate surface area is 130 Å². The molecule has 0 unspecified atom stereocenters. The average molecular weight is 304 g/mol. The number of hydrogen-bond acceptors (Lipinski definition) is 3. The number of piperidine rings is 1. The molecule has 0 aliphatic carbocycles.